The van der Waals surface area contributed by atoms with Gasteiger partial charge < -0.3 is 40.3 Å². The fourth-order valence-corrected chi connectivity index (χ4v) is 7.00. The molecule has 0 spiro atoms. The fraction of sp³-hybridized carbons (Fsp3) is 0.625. The summed E-state index contributed by atoms with van der Waals surface area (Å²) in [6.07, 6.45) is 59.6. The number of carbonyl (C=O) groups is 1. The SMILES string of the molecule is CC/C=C\C/C=C\C/C=C\C/C=C\C/C=C\C/C=C\C/C=C\CCCC(=O)NC(COC1OC(CO)C(O)C(O)C1O)C(O)/C=C/CC/C=C/CC/C=C/CCCCCCCCCCC. The summed E-state index contributed by atoms with van der Waals surface area (Å²) in [7, 11) is 0. The van der Waals surface area contributed by atoms with E-state index in [1.165, 1.54) is 57.8 Å². The molecular formula is C56H91NO8. The second-order valence-electron chi connectivity index (χ2n) is 16.9. The van der Waals surface area contributed by atoms with Crippen molar-refractivity contribution < 1.29 is 39.8 Å². The highest BCUT2D eigenvalue weighted by Crippen LogP contribution is 2.22. The van der Waals surface area contributed by atoms with Gasteiger partial charge in [0.05, 0.1) is 25.4 Å². The van der Waals surface area contributed by atoms with Crippen molar-refractivity contribution in [2.45, 2.75) is 211 Å². The lowest BCUT2D eigenvalue weighted by Crippen LogP contribution is -2.60. The van der Waals surface area contributed by atoms with Crippen LogP contribution in [0.2, 0.25) is 0 Å². The number of rotatable bonds is 40. The number of nitrogens with one attached hydrogen (secondary N) is 1. The third-order valence-electron chi connectivity index (χ3n) is 11.0. The minimum Gasteiger partial charge on any atom is -0.394 e. The van der Waals surface area contributed by atoms with Gasteiger partial charge in [-0.2, -0.15) is 0 Å². The molecule has 1 aliphatic rings. The largest absolute Gasteiger partial charge is 0.394 e. The standard InChI is InChI=1S/C56H91NO8/c1-3-5-7-9-11-13-15-17-19-21-23-24-25-26-28-30-32-34-36-38-40-42-44-46-52(60)57-49(48-64-56-55(63)54(62)53(61)51(47-58)65-56)50(59)45-43-41-39-37-35-33-31-29-27-22-20-18-16-14-12-10-8-6-4-2/h5,7,11,13,17,19,23-24,26-29,32,34-35,37-38,40,43,45,49-51,53-56,58-59,61-63H,3-4,6,8-10,12,14-16,18,20-22,25,30-31,33,36,39,41-42,44,46-48H2,1-2H3,(H,57,60)/b7-5-,13-11-,19-17-,24-23-,28-26-,29-27+,34-32-,37-35+,40-38-,45-43+. The predicted octanol–water partition coefficient (Wildman–Crippen LogP) is 11.6. The molecule has 1 fully saturated rings. The smallest absolute Gasteiger partial charge is 0.220 e. The molecule has 9 heteroatoms. The summed E-state index contributed by atoms with van der Waals surface area (Å²) in [5.74, 6) is -0.254. The molecule has 0 bridgehead atoms. The maximum Gasteiger partial charge on any atom is 0.220 e. The van der Waals surface area contributed by atoms with Crippen molar-refractivity contribution in [3.8, 4) is 0 Å². The van der Waals surface area contributed by atoms with Crippen LogP contribution < -0.4 is 5.32 Å². The maximum atomic E-state index is 13.0. The highest BCUT2D eigenvalue weighted by atomic mass is 16.7. The van der Waals surface area contributed by atoms with E-state index in [1.807, 2.05) is 6.08 Å². The van der Waals surface area contributed by atoms with Crippen LogP contribution in [0.4, 0.5) is 0 Å². The zero-order valence-corrected chi connectivity index (χ0v) is 40.4. The van der Waals surface area contributed by atoms with E-state index in [-0.39, 0.29) is 18.9 Å². The molecule has 65 heavy (non-hydrogen) atoms. The molecule has 1 heterocycles. The van der Waals surface area contributed by atoms with E-state index in [0.717, 1.165) is 77.0 Å². The van der Waals surface area contributed by atoms with Gasteiger partial charge in [0.1, 0.15) is 24.4 Å². The van der Waals surface area contributed by atoms with Crippen LogP contribution in [0, 0.1) is 0 Å². The second-order valence-corrected chi connectivity index (χ2v) is 16.9. The lowest BCUT2D eigenvalue weighted by atomic mass is 9.99. The van der Waals surface area contributed by atoms with E-state index in [1.54, 1.807) is 6.08 Å². The first-order valence-electron chi connectivity index (χ1n) is 25.3. The van der Waals surface area contributed by atoms with Crippen LogP contribution >= 0.6 is 0 Å². The summed E-state index contributed by atoms with van der Waals surface area (Å²) in [5.41, 5.74) is 0. The summed E-state index contributed by atoms with van der Waals surface area (Å²) in [6, 6.07) is -0.868. The number of carbonyl (C=O) groups excluding carboxylic acids is 1. The Labute approximate surface area is 395 Å². The number of ether oxygens (including phenoxy) is 2. The predicted molar refractivity (Wildman–Crippen MR) is 271 cm³/mol. The van der Waals surface area contributed by atoms with Gasteiger partial charge in [0.2, 0.25) is 5.91 Å². The zero-order valence-electron chi connectivity index (χ0n) is 40.4. The van der Waals surface area contributed by atoms with Gasteiger partial charge in [-0.25, -0.2) is 0 Å². The Morgan fingerprint density at radius 1 is 0.538 bits per heavy atom. The minimum atomic E-state index is -1.59. The van der Waals surface area contributed by atoms with E-state index in [2.05, 4.69) is 129 Å². The number of amides is 1. The van der Waals surface area contributed by atoms with Crippen LogP contribution in [0.15, 0.2) is 122 Å². The summed E-state index contributed by atoms with van der Waals surface area (Å²) < 4.78 is 11.2. The van der Waals surface area contributed by atoms with Crippen molar-refractivity contribution in [1.29, 1.82) is 0 Å². The second kappa shape index (κ2) is 44.4. The molecule has 0 aromatic heterocycles. The Morgan fingerprint density at radius 2 is 0.969 bits per heavy atom. The molecule has 6 N–H and O–H groups in total. The average Bonchev–Trinajstić information content (AvgIpc) is 3.31. The molecule has 1 rings (SSSR count). The number of unbranched alkanes of at least 4 members (excludes halogenated alkanes) is 12. The van der Waals surface area contributed by atoms with Crippen LogP contribution in [0.1, 0.15) is 168 Å². The van der Waals surface area contributed by atoms with Crippen LogP contribution in [-0.2, 0) is 14.3 Å². The summed E-state index contributed by atoms with van der Waals surface area (Å²) in [5, 5.41) is 54.3. The molecule has 0 radical (unpaired) electrons. The number of allylic oxidation sites excluding steroid dienone is 19. The Balaban J connectivity index is 2.42. The number of hydrogen-bond donors (Lipinski definition) is 6. The average molecular weight is 906 g/mol. The summed E-state index contributed by atoms with van der Waals surface area (Å²) >= 11 is 0. The van der Waals surface area contributed by atoms with Crippen molar-refractivity contribution >= 4 is 5.91 Å². The molecule has 1 amide bonds. The van der Waals surface area contributed by atoms with Crippen molar-refractivity contribution in [3.63, 3.8) is 0 Å². The van der Waals surface area contributed by atoms with Gasteiger partial charge in [0.15, 0.2) is 6.29 Å². The van der Waals surface area contributed by atoms with E-state index in [4.69, 9.17) is 9.47 Å². The lowest BCUT2D eigenvalue weighted by Gasteiger charge is -2.40. The molecule has 0 aromatic rings. The Bertz CT molecular complexity index is 1420. The number of aliphatic hydroxyl groups is 5. The molecule has 1 aliphatic heterocycles. The maximum absolute atomic E-state index is 13.0. The van der Waals surface area contributed by atoms with E-state index >= 15 is 0 Å². The first-order valence-corrected chi connectivity index (χ1v) is 25.3. The molecule has 0 saturated carbocycles. The van der Waals surface area contributed by atoms with Crippen molar-refractivity contribution in [1.82, 2.24) is 5.32 Å². The first kappa shape index (κ1) is 59.6. The van der Waals surface area contributed by atoms with E-state index in [9.17, 15) is 30.3 Å². The van der Waals surface area contributed by atoms with Gasteiger partial charge in [0.25, 0.3) is 0 Å². The Morgan fingerprint density at radius 3 is 1.48 bits per heavy atom. The third kappa shape index (κ3) is 34.5. The van der Waals surface area contributed by atoms with Gasteiger partial charge in [-0.05, 0) is 96.3 Å². The molecular weight excluding hydrogens is 815 g/mol. The normalized spacial score (nSPS) is 21.0. The Kier molecular flexibility index (Phi) is 40.7. The van der Waals surface area contributed by atoms with Gasteiger partial charge in [0, 0.05) is 6.42 Å². The molecule has 1 saturated heterocycles. The first-order chi connectivity index (χ1) is 31.8. The molecule has 0 aliphatic carbocycles. The van der Waals surface area contributed by atoms with E-state index in [0.29, 0.717) is 12.8 Å². The molecule has 7 atom stereocenters. The Hall–Kier alpha value is -3.41. The van der Waals surface area contributed by atoms with Crippen molar-refractivity contribution in [3.05, 3.63) is 122 Å². The highest BCUT2D eigenvalue weighted by molar-refractivity contribution is 5.76. The van der Waals surface area contributed by atoms with Gasteiger partial charge >= 0.3 is 0 Å². The number of aliphatic hydroxyl groups excluding tert-OH is 5. The quantitative estimate of drug-likeness (QED) is 0.0263. The van der Waals surface area contributed by atoms with Crippen molar-refractivity contribution in [2.75, 3.05) is 13.2 Å². The summed E-state index contributed by atoms with van der Waals surface area (Å²) in [6.45, 7) is 3.58. The van der Waals surface area contributed by atoms with Gasteiger partial charge in [-0.15, -0.1) is 0 Å². The monoisotopic (exact) mass is 906 g/mol. The third-order valence-corrected chi connectivity index (χ3v) is 11.0. The van der Waals surface area contributed by atoms with Crippen LogP contribution in [0.25, 0.3) is 0 Å². The summed E-state index contributed by atoms with van der Waals surface area (Å²) in [4.78, 5) is 13.0. The zero-order chi connectivity index (χ0) is 47.3. The molecule has 9 nitrogen and oxygen atoms in total. The van der Waals surface area contributed by atoms with Crippen molar-refractivity contribution in [2.24, 2.45) is 0 Å². The van der Waals surface area contributed by atoms with Crippen LogP contribution in [0.3, 0.4) is 0 Å². The van der Waals surface area contributed by atoms with E-state index < -0.39 is 49.5 Å². The van der Waals surface area contributed by atoms with Gasteiger partial charge in [-0.1, -0.05) is 187 Å². The highest BCUT2D eigenvalue weighted by Gasteiger charge is 2.44. The topological polar surface area (TPSA) is 149 Å². The molecule has 368 valence electrons. The minimum absolute atomic E-state index is 0.238. The number of hydrogen-bond acceptors (Lipinski definition) is 8. The van der Waals surface area contributed by atoms with Gasteiger partial charge in [-0.3, -0.25) is 4.79 Å². The molecule has 7 unspecified atom stereocenters. The van der Waals surface area contributed by atoms with Crippen LogP contribution in [-0.4, -0.2) is 87.5 Å². The van der Waals surface area contributed by atoms with Crippen LogP contribution in [0.5, 0.6) is 0 Å². The molecule has 0 aromatic carbocycles. The fourth-order valence-electron chi connectivity index (χ4n) is 7.00. The lowest BCUT2D eigenvalue weighted by molar-refractivity contribution is -0.302.